The van der Waals surface area contributed by atoms with Crippen LogP contribution in [0.3, 0.4) is 0 Å². The molecule has 40 heavy (non-hydrogen) atoms. The van der Waals surface area contributed by atoms with E-state index < -0.39 is 0 Å². The molecule has 1 saturated heterocycles. The van der Waals surface area contributed by atoms with E-state index in [0.29, 0.717) is 11.1 Å². The molecule has 208 valence electrons. The molecule has 0 atom stereocenters. The van der Waals surface area contributed by atoms with Gasteiger partial charge in [0.15, 0.2) is 0 Å². The van der Waals surface area contributed by atoms with Gasteiger partial charge in [-0.05, 0) is 93.6 Å². The average Bonchev–Trinajstić information content (AvgIpc) is 3.62. The molecule has 1 amide bonds. The normalized spacial score (nSPS) is 15.6. The minimum absolute atomic E-state index is 0.0994. The Kier molecular flexibility index (Phi) is 6.96. The molecular weight excluding hydrogens is 500 g/mol. The molecule has 0 unspecified atom stereocenters. The first-order chi connectivity index (χ1) is 19.4. The molecule has 0 bridgehead atoms. The summed E-state index contributed by atoms with van der Waals surface area (Å²) in [5, 5.41) is 4.19. The van der Waals surface area contributed by atoms with Crippen LogP contribution in [0.4, 0.5) is 5.82 Å². The number of nitrogens with zero attached hydrogens (tertiary/aromatic N) is 4. The molecule has 6 rings (SSSR count). The Morgan fingerprint density at radius 2 is 1.85 bits per heavy atom. The highest BCUT2D eigenvalue weighted by Gasteiger charge is 2.23. The number of aromatic amines is 1. The van der Waals surface area contributed by atoms with Gasteiger partial charge in [0, 0.05) is 79.4 Å². The van der Waals surface area contributed by atoms with Gasteiger partial charge in [0.25, 0.3) is 11.5 Å². The number of piperazine rings is 1. The summed E-state index contributed by atoms with van der Waals surface area (Å²) in [4.78, 5) is 39.0. The van der Waals surface area contributed by atoms with Crippen LogP contribution in [0.2, 0.25) is 0 Å². The Morgan fingerprint density at radius 3 is 2.58 bits per heavy atom. The zero-order valence-electron chi connectivity index (χ0n) is 23.9. The lowest BCUT2D eigenvalue weighted by molar-refractivity contribution is 0.0950. The minimum atomic E-state index is -0.168. The Morgan fingerprint density at radius 1 is 1.07 bits per heavy atom. The van der Waals surface area contributed by atoms with Gasteiger partial charge in [-0.25, -0.2) is 4.98 Å². The van der Waals surface area contributed by atoms with E-state index in [4.69, 9.17) is 4.98 Å². The number of hydrogen-bond donors (Lipinski definition) is 2. The third-order valence-electron chi connectivity index (χ3n) is 8.81. The van der Waals surface area contributed by atoms with Gasteiger partial charge in [-0.3, -0.25) is 9.59 Å². The second-order valence-corrected chi connectivity index (χ2v) is 11.2. The number of fused-ring (bicyclic) bond motifs is 2. The second kappa shape index (κ2) is 10.6. The van der Waals surface area contributed by atoms with E-state index in [1.165, 1.54) is 5.56 Å². The predicted octanol–water partition coefficient (Wildman–Crippen LogP) is 4.20. The van der Waals surface area contributed by atoms with Crippen LogP contribution in [0.15, 0.2) is 41.5 Å². The van der Waals surface area contributed by atoms with Crippen molar-refractivity contribution in [1.82, 2.24) is 24.8 Å². The number of aryl methyl sites for hydroxylation is 3. The fraction of sp³-hybridized carbons (Fsp3) is 0.406. The van der Waals surface area contributed by atoms with Crippen molar-refractivity contribution in [1.29, 1.82) is 0 Å². The summed E-state index contributed by atoms with van der Waals surface area (Å²) in [5.74, 6) is 0.818. The van der Waals surface area contributed by atoms with Gasteiger partial charge in [-0.1, -0.05) is 0 Å². The third-order valence-corrected chi connectivity index (χ3v) is 8.81. The molecule has 4 aromatic rings. The van der Waals surface area contributed by atoms with Crippen LogP contribution in [-0.4, -0.2) is 58.6 Å². The van der Waals surface area contributed by atoms with Gasteiger partial charge in [0.05, 0.1) is 5.52 Å². The largest absolute Gasteiger partial charge is 0.354 e. The van der Waals surface area contributed by atoms with Gasteiger partial charge < -0.3 is 24.7 Å². The molecule has 1 aliphatic heterocycles. The van der Waals surface area contributed by atoms with Crippen molar-refractivity contribution in [2.75, 3.05) is 38.1 Å². The SMILES string of the molecule is CCn1ccc2c(-c3ccc(N4CCN(C)CC4)nc3)cc(C(=O)NCc3c4c(c(C)[nH]c3=O)CCC4)c(C)c21. The Labute approximate surface area is 235 Å². The number of anilines is 1. The van der Waals surface area contributed by atoms with Crippen LogP contribution in [0.25, 0.3) is 22.0 Å². The first-order valence-corrected chi connectivity index (χ1v) is 14.4. The fourth-order valence-corrected chi connectivity index (χ4v) is 6.47. The van der Waals surface area contributed by atoms with Gasteiger partial charge >= 0.3 is 0 Å². The van der Waals surface area contributed by atoms with Crippen LogP contribution in [0.5, 0.6) is 0 Å². The van der Waals surface area contributed by atoms with Crippen LogP contribution < -0.4 is 15.8 Å². The lowest BCUT2D eigenvalue weighted by Crippen LogP contribution is -2.44. The van der Waals surface area contributed by atoms with Crippen molar-refractivity contribution in [3.05, 3.63) is 80.5 Å². The first kappa shape index (κ1) is 26.3. The molecule has 8 nitrogen and oxygen atoms in total. The average molecular weight is 539 g/mol. The number of carbonyl (C=O) groups excluding carboxylic acids is 1. The molecule has 2 aliphatic rings. The number of aromatic nitrogens is 3. The summed E-state index contributed by atoms with van der Waals surface area (Å²) in [5.41, 5.74) is 8.48. The molecule has 1 aliphatic carbocycles. The molecule has 0 spiro atoms. The highest BCUT2D eigenvalue weighted by atomic mass is 16.1. The Hall–Kier alpha value is -3.91. The fourth-order valence-electron chi connectivity index (χ4n) is 6.47. The van der Waals surface area contributed by atoms with Gasteiger partial charge in [-0.15, -0.1) is 0 Å². The smallest absolute Gasteiger partial charge is 0.253 e. The van der Waals surface area contributed by atoms with E-state index in [1.807, 2.05) is 26.1 Å². The molecule has 1 fully saturated rings. The third kappa shape index (κ3) is 4.60. The van der Waals surface area contributed by atoms with Crippen LogP contribution in [0, 0.1) is 13.8 Å². The quantitative estimate of drug-likeness (QED) is 0.384. The number of benzene rings is 1. The van der Waals surface area contributed by atoms with Crippen molar-refractivity contribution >= 4 is 22.6 Å². The van der Waals surface area contributed by atoms with Crippen LogP contribution >= 0.6 is 0 Å². The zero-order chi connectivity index (χ0) is 28.0. The first-order valence-electron chi connectivity index (χ1n) is 14.4. The van der Waals surface area contributed by atoms with Gasteiger partial charge in [0.1, 0.15) is 5.82 Å². The molecule has 2 N–H and O–H groups in total. The lowest BCUT2D eigenvalue weighted by atomic mass is 9.95. The second-order valence-electron chi connectivity index (χ2n) is 11.2. The maximum absolute atomic E-state index is 13.7. The van der Waals surface area contributed by atoms with Crippen molar-refractivity contribution in [3.8, 4) is 11.1 Å². The van der Waals surface area contributed by atoms with Gasteiger partial charge in [0.2, 0.25) is 0 Å². The maximum Gasteiger partial charge on any atom is 0.253 e. The van der Waals surface area contributed by atoms with Crippen molar-refractivity contribution in [3.63, 3.8) is 0 Å². The number of carbonyl (C=O) groups is 1. The van der Waals surface area contributed by atoms with E-state index in [-0.39, 0.29) is 18.0 Å². The standard InChI is InChI=1S/C32H38N6O2/c1-5-37-12-11-25-27(22-9-10-29(33-18-22)38-15-13-36(4)14-16-38)17-26(20(2)30(25)37)31(39)34-19-28-24-8-6-7-23(24)21(3)35-32(28)40/h9-12,17-18H,5-8,13-16,19H2,1-4H3,(H,34,39)(H,35,40). The topological polar surface area (TPSA) is 86.3 Å². The number of rotatable bonds is 6. The molecule has 0 radical (unpaired) electrons. The Bertz CT molecular complexity index is 1640. The number of pyridine rings is 2. The number of hydrogen-bond acceptors (Lipinski definition) is 5. The van der Waals surface area contributed by atoms with E-state index >= 15 is 0 Å². The maximum atomic E-state index is 13.7. The summed E-state index contributed by atoms with van der Waals surface area (Å²) in [6.45, 7) is 11.1. The van der Waals surface area contributed by atoms with E-state index in [2.05, 4.69) is 63.0 Å². The highest BCUT2D eigenvalue weighted by molar-refractivity contribution is 6.06. The van der Waals surface area contributed by atoms with Crippen molar-refractivity contribution < 1.29 is 4.79 Å². The molecule has 0 saturated carbocycles. The predicted molar refractivity (Wildman–Crippen MR) is 160 cm³/mol. The van der Waals surface area contributed by atoms with E-state index in [9.17, 15) is 9.59 Å². The summed E-state index contributed by atoms with van der Waals surface area (Å²) in [6.07, 6.45) is 6.93. The molecule has 4 heterocycles. The summed E-state index contributed by atoms with van der Waals surface area (Å²) in [7, 11) is 2.15. The van der Waals surface area contributed by atoms with Crippen LogP contribution in [0.1, 0.15) is 51.7 Å². The number of H-pyrrole nitrogens is 1. The van der Waals surface area contributed by atoms with Crippen molar-refractivity contribution in [2.24, 2.45) is 0 Å². The van der Waals surface area contributed by atoms with Crippen molar-refractivity contribution in [2.45, 2.75) is 53.1 Å². The molecular formula is C32H38N6O2. The summed E-state index contributed by atoms with van der Waals surface area (Å²) in [6, 6.07) is 8.33. The van der Waals surface area contributed by atoms with E-state index in [1.54, 1.807) is 0 Å². The zero-order valence-corrected chi connectivity index (χ0v) is 23.9. The minimum Gasteiger partial charge on any atom is -0.354 e. The van der Waals surface area contributed by atoms with Gasteiger partial charge in [-0.2, -0.15) is 0 Å². The highest BCUT2D eigenvalue weighted by Crippen LogP contribution is 2.34. The molecule has 3 aromatic heterocycles. The molecule has 1 aromatic carbocycles. The summed E-state index contributed by atoms with van der Waals surface area (Å²) >= 11 is 0. The Balaban J connectivity index is 1.34. The van der Waals surface area contributed by atoms with E-state index in [0.717, 1.165) is 96.7 Å². The number of nitrogens with one attached hydrogen (secondary N) is 2. The lowest BCUT2D eigenvalue weighted by Gasteiger charge is -2.33. The van der Waals surface area contributed by atoms with Crippen LogP contribution in [-0.2, 0) is 25.9 Å². The monoisotopic (exact) mass is 538 g/mol. The summed E-state index contributed by atoms with van der Waals surface area (Å²) < 4.78 is 2.19. The molecule has 8 heteroatoms. The number of amides is 1. The number of likely N-dealkylation sites (N-methyl/N-ethyl adjacent to an activating group) is 1.